The molecule has 0 saturated heterocycles. The summed E-state index contributed by atoms with van der Waals surface area (Å²) in [5.41, 5.74) is 0. The molecular weight excluding hydrogens is 330 g/mol. The van der Waals surface area contributed by atoms with Gasteiger partial charge in [0.2, 0.25) is 0 Å². The zero-order valence-corrected chi connectivity index (χ0v) is 20.4. The van der Waals surface area contributed by atoms with Gasteiger partial charge in [-0.15, -0.1) is 6.04 Å². The number of aliphatic carboxylic acids is 2. The second kappa shape index (κ2) is 27.0. The molecule has 9 nitrogen and oxygen atoms in total. The molecule has 0 amide bonds. The molecule has 0 fully saturated rings. The van der Waals surface area contributed by atoms with Crippen LogP contribution < -0.4 is 134 Å². The minimum absolute atomic E-state index is 0. The van der Waals surface area contributed by atoms with Crippen LogP contribution in [0.4, 0.5) is 0 Å². The third-order valence-corrected chi connectivity index (χ3v) is 1.49. The number of nitrogens with one attached hydrogen (secondary N) is 1. The van der Waals surface area contributed by atoms with Crippen molar-refractivity contribution in [3.8, 4) is 0 Å². The topological polar surface area (TPSA) is 186 Å². The molecular formula is C8H9NNa4O8-2. The fraction of sp³-hybridized carbons (Fsp3) is 0.500. The molecule has 2 unspecified atom stereocenters. The van der Waals surface area contributed by atoms with E-state index in [0.717, 1.165) is 0 Å². The Morgan fingerprint density at radius 1 is 1.00 bits per heavy atom. The van der Waals surface area contributed by atoms with E-state index < -0.39 is 36.9 Å². The second-order valence-corrected chi connectivity index (χ2v) is 2.63. The molecule has 100 valence electrons. The summed E-state index contributed by atoms with van der Waals surface area (Å²) in [4.78, 5) is 40.6. The van der Waals surface area contributed by atoms with Crippen LogP contribution in [-0.2, 0) is 19.2 Å². The fourth-order valence-corrected chi connectivity index (χ4v) is 0.838. The van der Waals surface area contributed by atoms with Gasteiger partial charge in [0.05, 0.1) is 12.0 Å². The van der Waals surface area contributed by atoms with Gasteiger partial charge in [-0.2, -0.15) is 6.42 Å². The van der Waals surface area contributed by atoms with Crippen LogP contribution in [0.15, 0.2) is 0 Å². The maximum absolute atomic E-state index is 10.4. The Morgan fingerprint density at radius 2 is 1.43 bits per heavy atom. The van der Waals surface area contributed by atoms with Crippen LogP contribution >= 0.6 is 0 Å². The standard InChI is InChI=1S/C8H9NO6.4Na.2H2O/c10-2-1-5(4-11)9-6(8(14)15)3-7(12)13;;;;;;/h5-6,9H,1,3H2,(H,12,13)(H,14,15);;;;;2*1H2/q-2;4*+1;;/p-4. The first-order valence-corrected chi connectivity index (χ1v) is 3.90. The predicted molar refractivity (Wildman–Crippen MR) is 45.2 cm³/mol. The van der Waals surface area contributed by atoms with Crippen molar-refractivity contribution >= 4 is 24.5 Å². The molecule has 0 aliphatic heterocycles. The molecule has 3 N–H and O–H groups in total. The Labute approximate surface area is 210 Å². The number of carbonyl (C=O) groups is 2. The van der Waals surface area contributed by atoms with Crippen LogP contribution in [0.1, 0.15) is 12.8 Å². The van der Waals surface area contributed by atoms with Gasteiger partial charge in [-0.25, -0.2) is 6.29 Å². The average molecular weight is 339 g/mol. The number of carbonyl (C=O) groups excluding carboxylic acids is 4. The maximum Gasteiger partial charge on any atom is 1.00 e. The zero-order chi connectivity index (χ0) is 11.8. The second-order valence-electron chi connectivity index (χ2n) is 2.63. The number of carboxylic acid groups (broad SMARTS) is 2. The molecule has 0 rings (SSSR count). The van der Waals surface area contributed by atoms with Crippen molar-refractivity contribution in [1.82, 2.24) is 5.32 Å². The van der Waals surface area contributed by atoms with Crippen LogP contribution in [0, 0.1) is 0 Å². The van der Waals surface area contributed by atoms with Gasteiger partial charge >= 0.3 is 118 Å². The molecule has 0 radical (unpaired) electrons. The zero-order valence-electron chi connectivity index (χ0n) is 12.4. The van der Waals surface area contributed by atoms with Gasteiger partial charge in [0.1, 0.15) is 0 Å². The Kier molecular flexibility index (Phi) is 56.1. The van der Waals surface area contributed by atoms with Gasteiger partial charge in [-0.1, -0.05) is 0 Å². The molecule has 0 aliphatic carbocycles. The van der Waals surface area contributed by atoms with Crippen molar-refractivity contribution in [1.29, 1.82) is 0 Å². The van der Waals surface area contributed by atoms with Crippen molar-refractivity contribution in [2.75, 3.05) is 0 Å². The van der Waals surface area contributed by atoms with Crippen LogP contribution in [0.25, 0.3) is 0 Å². The Morgan fingerprint density at radius 3 is 1.67 bits per heavy atom. The molecule has 0 aliphatic rings. The van der Waals surface area contributed by atoms with Crippen molar-refractivity contribution in [3.05, 3.63) is 0 Å². The largest absolute Gasteiger partial charge is 1.00 e. The SMILES string of the molecule is O=[C-]CC([C-]=O)NC(CC(=O)[O-])C(=O)[O-].[Na+].[Na+].[Na+].[Na+].[OH-].[OH-]. The molecule has 0 aromatic rings. The normalized spacial score (nSPS) is 9.90. The molecule has 0 bridgehead atoms. The maximum atomic E-state index is 10.4. The van der Waals surface area contributed by atoms with E-state index in [9.17, 15) is 29.4 Å². The summed E-state index contributed by atoms with van der Waals surface area (Å²) in [6.07, 6.45) is 1.42. The first-order chi connectivity index (χ1) is 7.01. The van der Waals surface area contributed by atoms with Gasteiger partial charge in [-0.05, 0) is 0 Å². The number of hydrogen-bond donors (Lipinski definition) is 1. The molecule has 0 saturated carbocycles. The third kappa shape index (κ3) is 24.5. The summed E-state index contributed by atoms with van der Waals surface area (Å²) in [6, 6.07) is -2.82. The predicted octanol–water partition coefficient (Wildman–Crippen LogP) is -16.5. The fourth-order valence-electron chi connectivity index (χ4n) is 0.838. The van der Waals surface area contributed by atoms with Crippen LogP contribution in [0.5, 0.6) is 0 Å². The third-order valence-electron chi connectivity index (χ3n) is 1.49. The van der Waals surface area contributed by atoms with Gasteiger partial charge in [0.15, 0.2) is 0 Å². The van der Waals surface area contributed by atoms with Crippen molar-refractivity contribution in [3.63, 3.8) is 0 Å². The van der Waals surface area contributed by atoms with E-state index >= 15 is 0 Å². The Balaban J connectivity index is -0.0000000653. The summed E-state index contributed by atoms with van der Waals surface area (Å²) >= 11 is 0. The number of hydrogen-bond acceptors (Lipinski definition) is 9. The van der Waals surface area contributed by atoms with E-state index in [4.69, 9.17) is 0 Å². The van der Waals surface area contributed by atoms with Crippen molar-refractivity contribution < 1.29 is 159 Å². The number of rotatable bonds is 8. The summed E-state index contributed by atoms with van der Waals surface area (Å²) < 4.78 is 0. The van der Waals surface area contributed by atoms with E-state index in [0.29, 0.717) is 0 Å². The van der Waals surface area contributed by atoms with E-state index in [-0.39, 0.29) is 129 Å². The first kappa shape index (κ1) is 43.6. The van der Waals surface area contributed by atoms with Gasteiger partial charge < -0.3 is 45.7 Å². The Bertz CT molecular complexity index is 281. The van der Waals surface area contributed by atoms with Gasteiger partial charge in [0.25, 0.3) is 0 Å². The molecule has 0 spiro atoms. The van der Waals surface area contributed by atoms with Crippen LogP contribution in [0.2, 0.25) is 0 Å². The first-order valence-electron chi connectivity index (χ1n) is 3.90. The van der Waals surface area contributed by atoms with Gasteiger partial charge in [-0.3, -0.25) is 6.29 Å². The van der Waals surface area contributed by atoms with Crippen molar-refractivity contribution in [2.45, 2.75) is 24.9 Å². The summed E-state index contributed by atoms with van der Waals surface area (Å²) in [6.45, 7) is 0. The minimum atomic E-state index is -1.70. The number of carboxylic acids is 2. The van der Waals surface area contributed by atoms with Crippen molar-refractivity contribution in [2.24, 2.45) is 0 Å². The van der Waals surface area contributed by atoms with E-state index in [1.165, 1.54) is 12.6 Å². The molecule has 0 aromatic carbocycles. The summed E-state index contributed by atoms with van der Waals surface area (Å²) in [5.74, 6) is -3.32. The van der Waals surface area contributed by atoms with Crippen LogP contribution in [0.3, 0.4) is 0 Å². The minimum Gasteiger partial charge on any atom is -0.870 e. The monoisotopic (exact) mass is 339 g/mol. The average Bonchev–Trinajstić information content (AvgIpc) is 2.14. The molecule has 2 atom stereocenters. The summed E-state index contributed by atoms with van der Waals surface area (Å²) in [5, 5.41) is 22.6. The van der Waals surface area contributed by atoms with E-state index in [1.807, 2.05) is 0 Å². The quantitative estimate of drug-likeness (QED) is 0.331. The Hall–Kier alpha value is 2.16. The summed E-state index contributed by atoms with van der Waals surface area (Å²) in [7, 11) is 0. The molecule has 0 heterocycles. The smallest absolute Gasteiger partial charge is 0.870 e. The molecule has 21 heavy (non-hydrogen) atoms. The van der Waals surface area contributed by atoms with Gasteiger partial charge in [0, 0.05) is 12.4 Å². The molecule has 13 heteroatoms. The molecule has 0 aromatic heterocycles. The van der Waals surface area contributed by atoms with Crippen LogP contribution in [-0.4, -0.2) is 47.5 Å². The van der Waals surface area contributed by atoms with E-state index in [2.05, 4.69) is 5.32 Å². The van der Waals surface area contributed by atoms with E-state index in [1.54, 1.807) is 0 Å².